The summed E-state index contributed by atoms with van der Waals surface area (Å²) in [5.41, 5.74) is 4.31. The zero-order chi connectivity index (χ0) is 24.1. The van der Waals surface area contributed by atoms with Crippen molar-refractivity contribution >= 4 is 50.2 Å². The number of fused-ring (bicyclic) bond motifs is 4. The first-order chi connectivity index (χ1) is 17.0. The van der Waals surface area contributed by atoms with E-state index >= 15 is 0 Å². The quantitative estimate of drug-likeness (QED) is 0.471. The maximum absolute atomic E-state index is 13.2. The smallest absolute Gasteiger partial charge is 0.226 e. The third-order valence-electron chi connectivity index (χ3n) is 7.26. The van der Waals surface area contributed by atoms with Gasteiger partial charge in [0.15, 0.2) is 0 Å². The minimum absolute atomic E-state index is 0.0629. The van der Waals surface area contributed by atoms with Crippen LogP contribution in [0.4, 0.5) is 17.2 Å². The number of hydrogen-bond donors (Lipinski definition) is 1. The number of rotatable bonds is 4. The van der Waals surface area contributed by atoms with Gasteiger partial charge in [-0.25, -0.2) is 14.5 Å². The lowest BCUT2D eigenvalue weighted by Crippen LogP contribution is -2.49. The van der Waals surface area contributed by atoms with Crippen LogP contribution in [0, 0.1) is 5.92 Å². The van der Waals surface area contributed by atoms with Gasteiger partial charge >= 0.3 is 0 Å². The Morgan fingerprint density at radius 2 is 2.03 bits per heavy atom. The van der Waals surface area contributed by atoms with Gasteiger partial charge in [-0.3, -0.25) is 4.79 Å². The highest BCUT2D eigenvalue weighted by atomic mass is 32.1. The molecule has 4 aromatic rings. The number of likely N-dealkylation sites (N-methyl/N-ethyl adjacent to an activating group) is 1. The van der Waals surface area contributed by atoms with E-state index in [1.54, 1.807) is 23.9 Å². The van der Waals surface area contributed by atoms with E-state index in [0.717, 1.165) is 78.4 Å². The molecule has 10 heteroatoms. The van der Waals surface area contributed by atoms with Crippen LogP contribution >= 0.6 is 11.3 Å². The number of nitrogens with one attached hydrogen (secondary N) is 1. The summed E-state index contributed by atoms with van der Waals surface area (Å²) in [7, 11) is 6.17. The molecule has 9 nitrogen and oxygen atoms in total. The normalized spacial score (nSPS) is 18.7. The number of piperazine rings is 1. The number of hydrogen-bond acceptors (Lipinski definition) is 8. The zero-order valence-corrected chi connectivity index (χ0v) is 21.2. The molecule has 1 fully saturated rings. The Balaban J connectivity index is 1.31. The second-order valence-corrected chi connectivity index (χ2v) is 10.9. The molecule has 1 amide bonds. The van der Waals surface area contributed by atoms with Gasteiger partial charge in [0.25, 0.3) is 0 Å². The van der Waals surface area contributed by atoms with Crippen molar-refractivity contribution in [2.75, 3.05) is 57.5 Å². The number of carbonyl (C=O) groups is 1. The summed E-state index contributed by atoms with van der Waals surface area (Å²) in [6.45, 7) is 3.58. The molecule has 6 rings (SSSR count). The molecule has 1 aliphatic carbocycles. The molecule has 0 bridgehead atoms. The number of aryl methyl sites for hydroxylation is 1. The van der Waals surface area contributed by atoms with Crippen molar-refractivity contribution in [1.82, 2.24) is 29.4 Å². The van der Waals surface area contributed by atoms with E-state index in [1.165, 1.54) is 10.4 Å². The second kappa shape index (κ2) is 8.76. The van der Waals surface area contributed by atoms with Crippen molar-refractivity contribution in [3.05, 3.63) is 41.3 Å². The molecular weight excluding hydrogens is 460 g/mol. The Labute approximate surface area is 208 Å². The van der Waals surface area contributed by atoms with Gasteiger partial charge in [-0.2, -0.15) is 5.10 Å². The lowest BCUT2D eigenvalue weighted by molar-refractivity contribution is -0.137. The molecule has 2 aliphatic rings. The Morgan fingerprint density at radius 1 is 1.20 bits per heavy atom. The molecule has 0 unspecified atom stereocenters. The van der Waals surface area contributed by atoms with E-state index in [9.17, 15) is 4.79 Å². The molecule has 1 aliphatic heterocycles. The molecule has 1 saturated heterocycles. The average molecular weight is 491 g/mol. The summed E-state index contributed by atoms with van der Waals surface area (Å²) >= 11 is 1.71. The van der Waals surface area contributed by atoms with E-state index in [0.29, 0.717) is 5.91 Å². The van der Waals surface area contributed by atoms with Crippen LogP contribution in [0.3, 0.4) is 0 Å². The van der Waals surface area contributed by atoms with Crippen LogP contribution in [-0.4, -0.2) is 82.6 Å². The van der Waals surface area contributed by atoms with Crippen LogP contribution < -0.4 is 10.2 Å². The summed E-state index contributed by atoms with van der Waals surface area (Å²) in [6.07, 6.45) is 8.01. The fourth-order valence-corrected chi connectivity index (χ4v) is 6.51. The number of aromatic nitrogens is 4. The summed E-state index contributed by atoms with van der Waals surface area (Å²) in [4.78, 5) is 31.2. The minimum Gasteiger partial charge on any atom is -0.375 e. The second-order valence-electron chi connectivity index (χ2n) is 9.77. The molecular formula is C25H30N8OS. The highest BCUT2D eigenvalue weighted by Gasteiger charge is 2.32. The SMILES string of the molecule is CN1CCN(C(=O)[C@H]2CCc3c(sc4ncnc(Nc5cc6ccnn6cc5N(C)C)c34)C2)CC1. The maximum atomic E-state index is 13.2. The topological polar surface area (TPSA) is 81.9 Å². The summed E-state index contributed by atoms with van der Waals surface area (Å²) in [6, 6.07) is 4.09. The van der Waals surface area contributed by atoms with Gasteiger partial charge in [-0.1, -0.05) is 0 Å². The molecule has 0 spiro atoms. The highest BCUT2D eigenvalue weighted by molar-refractivity contribution is 7.19. The van der Waals surface area contributed by atoms with Crippen molar-refractivity contribution in [2.24, 2.45) is 5.92 Å². The van der Waals surface area contributed by atoms with Gasteiger partial charge < -0.3 is 20.0 Å². The molecule has 0 aromatic carbocycles. The highest BCUT2D eigenvalue weighted by Crippen LogP contribution is 2.41. The van der Waals surface area contributed by atoms with Crippen LogP contribution in [0.5, 0.6) is 0 Å². The molecule has 1 atom stereocenters. The van der Waals surface area contributed by atoms with Crippen molar-refractivity contribution < 1.29 is 4.79 Å². The fraction of sp³-hybridized carbons (Fsp3) is 0.440. The number of amides is 1. The van der Waals surface area contributed by atoms with Gasteiger partial charge in [-0.05, 0) is 44.0 Å². The first-order valence-electron chi connectivity index (χ1n) is 12.1. The van der Waals surface area contributed by atoms with Crippen LogP contribution in [0.25, 0.3) is 15.7 Å². The third-order valence-corrected chi connectivity index (χ3v) is 8.42. The van der Waals surface area contributed by atoms with Gasteiger partial charge in [-0.15, -0.1) is 11.3 Å². The minimum atomic E-state index is 0.0629. The van der Waals surface area contributed by atoms with Gasteiger partial charge in [0.05, 0.1) is 28.5 Å². The van der Waals surface area contributed by atoms with Crippen molar-refractivity contribution in [3.63, 3.8) is 0 Å². The molecule has 4 aromatic heterocycles. The van der Waals surface area contributed by atoms with Crippen LogP contribution in [0.1, 0.15) is 16.9 Å². The predicted molar refractivity (Wildman–Crippen MR) is 140 cm³/mol. The Morgan fingerprint density at radius 3 is 2.83 bits per heavy atom. The molecule has 5 heterocycles. The van der Waals surface area contributed by atoms with Gasteiger partial charge in [0, 0.05) is 57.3 Å². The van der Waals surface area contributed by atoms with Crippen molar-refractivity contribution in [1.29, 1.82) is 0 Å². The van der Waals surface area contributed by atoms with Crippen LogP contribution in [0.2, 0.25) is 0 Å². The number of anilines is 3. The Kier molecular flexibility index (Phi) is 5.57. The van der Waals surface area contributed by atoms with E-state index in [1.807, 2.05) is 30.9 Å². The lowest BCUT2D eigenvalue weighted by atomic mass is 9.86. The summed E-state index contributed by atoms with van der Waals surface area (Å²) < 4.78 is 1.88. The van der Waals surface area contributed by atoms with Gasteiger partial charge in [0.2, 0.25) is 5.91 Å². The monoisotopic (exact) mass is 490 g/mol. The number of pyridine rings is 1. The standard InChI is InChI=1S/C25H30N8OS/c1-30(2)20-14-33-17(6-7-28-33)13-19(20)29-23-22-18-5-4-16(12-21(18)35-24(22)27-15-26-23)25(34)32-10-8-31(3)9-11-32/h6-7,13-16H,4-5,8-12H2,1-3H3,(H,26,27,29)/t16-/m0/s1. The van der Waals surface area contributed by atoms with E-state index in [-0.39, 0.29) is 5.92 Å². The predicted octanol–water partition coefficient (Wildman–Crippen LogP) is 3.03. The van der Waals surface area contributed by atoms with E-state index < -0.39 is 0 Å². The van der Waals surface area contributed by atoms with Crippen LogP contribution in [-0.2, 0) is 17.6 Å². The third kappa shape index (κ3) is 4.00. The van der Waals surface area contributed by atoms with Gasteiger partial charge in [0.1, 0.15) is 17.0 Å². The van der Waals surface area contributed by atoms with E-state index in [4.69, 9.17) is 0 Å². The molecule has 1 N–H and O–H groups in total. The van der Waals surface area contributed by atoms with Crippen LogP contribution in [0.15, 0.2) is 30.9 Å². The molecule has 0 saturated carbocycles. The largest absolute Gasteiger partial charge is 0.375 e. The first kappa shape index (κ1) is 22.2. The number of thiophene rings is 1. The number of carbonyl (C=O) groups excluding carboxylic acids is 1. The van der Waals surface area contributed by atoms with E-state index in [2.05, 4.69) is 48.2 Å². The summed E-state index contributed by atoms with van der Waals surface area (Å²) in [5.74, 6) is 1.20. The van der Waals surface area contributed by atoms with Crippen molar-refractivity contribution in [2.45, 2.75) is 19.3 Å². The summed E-state index contributed by atoms with van der Waals surface area (Å²) in [5, 5.41) is 9.06. The number of nitrogens with zero attached hydrogens (tertiary/aromatic N) is 7. The molecule has 0 radical (unpaired) electrons. The Bertz CT molecular complexity index is 1400. The zero-order valence-electron chi connectivity index (χ0n) is 20.4. The van der Waals surface area contributed by atoms with Crippen molar-refractivity contribution in [3.8, 4) is 0 Å². The maximum Gasteiger partial charge on any atom is 0.226 e. The fourth-order valence-electron chi connectivity index (χ4n) is 5.24. The lowest BCUT2D eigenvalue weighted by Gasteiger charge is -2.35. The molecule has 182 valence electrons. The first-order valence-corrected chi connectivity index (χ1v) is 12.9. The Hall–Kier alpha value is -3.24. The molecule has 35 heavy (non-hydrogen) atoms. The average Bonchev–Trinajstić information content (AvgIpc) is 3.47.